The van der Waals surface area contributed by atoms with Gasteiger partial charge in [-0.3, -0.25) is 9.59 Å². The molecule has 1 N–H and O–H groups in total. The van der Waals surface area contributed by atoms with Gasteiger partial charge in [0.15, 0.2) is 11.8 Å². The molecule has 0 bridgehead atoms. The number of aliphatic carboxylic acids is 1. The van der Waals surface area contributed by atoms with Crippen LogP contribution in [0.15, 0.2) is 42.6 Å². The number of fused-ring (bicyclic) bond motifs is 1. The van der Waals surface area contributed by atoms with Crippen LogP contribution in [0.1, 0.15) is 19.8 Å². The number of amides is 1. The van der Waals surface area contributed by atoms with Gasteiger partial charge < -0.3 is 14.7 Å². The smallest absolute Gasteiger partial charge is 0.308 e. The topological polar surface area (TPSA) is 92.6 Å². The average Bonchev–Trinajstić information content (AvgIpc) is 2.78. The molecule has 0 spiro atoms. The zero-order valence-corrected chi connectivity index (χ0v) is 18.1. The van der Waals surface area contributed by atoms with Gasteiger partial charge in [0.25, 0.3) is 5.91 Å². The molecule has 1 fully saturated rings. The number of piperidine rings is 1. The van der Waals surface area contributed by atoms with Crippen molar-refractivity contribution in [1.82, 2.24) is 14.9 Å². The molecule has 32 heavy (non-hydrogen) atoms. The highest BCUT2D eigenvalue weighted by molar-refractivity contribution is 6.33. The summed E-state index contributed by atoms with van der Waals surface area (Å²) in [4.78, 5) is 34.2. The quantitative estimate of drug-likeness (QED) is 0.617. The Hall–Kier alpha value is -3.26. The number of nitrogens with zero attached hydrogens (tertiary/aromatic N) is 3. The van der Waals surface area contributed by atoms with E-state index in [-0.39, 0.29) is 23.4 Å². The number of aromatic nitrogens is 2. The molecular weight excluding hydrogens is 437 g/mol. The number of benzene rings is 1. The standard InChI is InChI=1S/C23H21ClFN3O4/c1-13(22(29)28-10-2-3-14(12-28)23(30)31)32-20-7-6-18-16(8-9-26-21(18)27-20)17-5-4-15(25)11-19(17)24/h4-9,11,13-14H,2-3,10,12H2,1H3,(H,30,31)/t13-,14-/m0/s1. The summed E-state index contributed by atoms with van der Waals surface area (Å²) in [5.74, 6) is -1.93. The van der Waals surface area contributed by atoms with Crippen LogP contribution in [0.2, 0.25) is 5.02 Å². The van der Waals surface area contributed by atoms with Crippen LogP contribution >= 0.6 is 11.6 Å². The molecule has 1 saturated heterocycles. The Kier molecular flexibility index (Phi) is 6.23. The van der Waals surface area contributed by atoms with Gasteiger partial charge in [-0.25, -0.2) is 9.37 Å². The molecule has 0 radical (unpaired) electrons. The first-order valence-corrected chi connectivity index (χ1v) is 10.6. The molecule has 3 heterocycles. The van der Waals surface area contributed by atoms with Crippen LogP contribution in [0.4, 0.5) is 4.39 Å². The maximum Gasteiger partial charge on any atom is 0.308 e. The van der Waals surface area contributed by atoms with Gasteiger partial charge in [0, 0.05) is 36.3 Å². The Morgan fingerprint density at radius 3 is 2.81 bits per heavy atom. The van der Waals surface area contributed by atoms with Crippen LogP contribution < -0.4 is 4.74 Å². The molecule has 1 aliphatic rings. The van der Waals surface area contributed by atoms with Gasteiger partial charge in [-0.2, -0.15) is 4.98 Å². The SMILES string of the molecule is C[C@H](Oc1ccc2c(-c3ccc(F)cc3Cl)ccnc2n1)C(=O)N1CCC[C@H](C(=O)O)C1. The fourth-order valence-corrected chi connectivity index (χ4v) is 4.16. The zero-order valence-electron chi connectivity index (χ0n) is 17.3. The first kappa shape index (κ1) is 22.0. The van der Waals surface area contributed by atoms with Crippen LogP contribution in [0.3, 0.4) is 0 Å². The van der Waals surface area contributed by atoms with Crippen LogP contribution in [-0.2, 0) is 9.59 Å². The van der Waals surface area contributed by atoms with Crippen molar-refractivity contribution in [1.29, 1.82) is 0 Å². The Labute approximate surface area is 188 Å². The predicted molar refractivity (Wildman–Crippen MR) is 117 cm³/mol. The largest absolute Gasteiger partial charge is 0.481 e. The fraction of sp³-hybridized carbons (Fsp3) is 0.304. The molecule has 7 nitrogen and oxygen atoms in total. The number of carboxylic acid groups (broad SMARTS) is 1. The Morgan fingerprint density at radius 2 is 2.06 bits per heavy atom. The summed E-state index contributed by atoms with van der Waals surface area (Å²) in [5.41, 5.74) is 1.79. The second kappa shape index (κ2) is 9.08. The number of pyridine rings is 2. The molecule has 166 valence electrons. The molecule has 0 aliphatic carbocycles. The van der Waals surface area contributed by atoms with Crippen molar-refractivity contribution < 1.29 is 23.8 Å². The predicted octanol–water partition coefficient (Wildman–Crippen LogP) is 4.18. The molecule has 1 aromatic carbocycles. The summed E-state index contributed by atoms with van der Waals surface area (Å²) in [6, 6.07) is 9.34. The molecule has 2 atom stereocenters. The lowest BCUT2D eigenvalue weighted by atomic mass is 9.98. The molecule has 3 aromatic rings. The van der Waals surface area contributed by atoms with Crippen molar-refractivity contribution in [3.05, 3.63) is 53.4 Å². The lowest BCUT2D eigenvalue weighted by molar-refractivity contribution is -0.147. The van der Waals surface area contributed by atoms with Gasteiger partial charge in [0.1, 0.15) is 5.82 Å². The lowest BCUT2D eigenvalue weighted by Crippen LogP contribution is -2.47. The number of carboxylic acids is 1. The molecular formula is C23H21ClFN3O4. The van der Waals surface area contributed by atoms with Crippen LogP contribution in [0.5, 0.6) is 5.88 Å². The van der Waals surface area contributed by atoms with E-state index < -0.39 is 23.8 Å². The number of likely N-dealkylation sites (tertiary alicyclic amines) is 1. The Balaban J connectivity index is 1.54. The highest BCUT2D eigenvalue weighted by Gasteiger charge is 2.31. The molecule has 2 aromatic heterocycles. The van der Waals surface area contributed by atoms with Gasteiger partial charge in [0.05, 0.1) is 10.9 Å². The van der Waals surface area contributed by atoms with Gasteiger partial charge in [0.2, 0.25) is 5.88 Å². The Bertz CT molecular complexity index is 1190. The number of hydrogen-bond acceptors (Lipinski definition) is 5. The van der Waals surface area contributed by atoms with E-state index in [0.29, 0.717) is 36.0 Å². The third-order valence-corrected chi connectivity index (χ3v) is 5.84. The minimum Gasteiger partial charge on any atom is -0.481 e. The highest BCUT2D eigenvalue weighted by Crippen LogP contribution is 2.33. The third-order valence-electron chi connectivity index (χ3n) is 5.53. The van der Waals surface area contributed by atoms with Crippen molar-refractivity contribution in [3.63, 3.8) is 0 Å². The summed E-state index contributed by atoms with van der Waals surface area (Å²) in [7, 11) is 0. The van der Waals surface area contributed by atoms with Gasteiger partial charge in [-0.1, -0.05) is 11.6 Å². The van der Waals surface area contributed by atoms with E-state index in [0.717, 1.165) is 5.56 Å². The molecule has 0 unspecified atom stereocenters. The van der Waals surface area contributed by atoms with E-state index in [9.17, 15) is 19.1 Å². The molecule has 0 saturated carbocycles. The van der Waals surface area contributed by atoms with Crippen LogP contribution in [-0.4, -0.2) is 51.0 Å². The summed E-state index contributed by atoms with van der Waals surface area (Å²) >= 11 is 6.22. The number of halogens is 2. The second-order valence-electron chi connectivity index (χ2n) is 7.73. The van der Waals surface area contributed by atoms with Crippen molar-refractivity contribution >= 4 is 34.5 Å². The van der Waals surface area contributed by atoms with Crippen LogP contribution in [0.25, 0.3) is 22.2 Å². The Morgan fingerprint density at radius 1 is 1.25 bits per heavy atom. The van der Waals surface area contributed by atoms with Crippen LogP contribution in [0, 0.1) is 11.7 Å². The second-order valence-corrected chi connectivity index (χ2v) is 8.13. The molecule has 9 heteroatoms. The van der Waals surface area contributed by atoms with Gasteiger partial charge >= 0.3 is 5.97 Å². The summed E-state index contributed by atoms with van der Waals surface area (Å²) in [6.45, 7) is 2.29. The number of carbonyl (C=O) groups is 2. The molecule has 1 amide bonds. The first-order valence-electron chi connectivity index (χ1n) is 10.2. The maximum atomic E-state index is 13.4. The van der Waals surface area contributed by atoms with E-state index in [1.165, 1.54) is 17.0 Å². The van der Waals surface area contributed by atoms with E-state index in [4.69, 9.17) is 16.3 Å². The number of carbonyl (C=O) groups excluding carboxylic acids is 1. The van der Waals surface area contributed by atoms with Crippen molar-refractivity contribution in [2.75, 3.05) is 13.1 Å². The first-order chi connectivity index (χ1) is 15.3. The lowest BCUT2D eigenvalue weighted by Gasteiger charge is -2.32. The summed E-state index contributed by atoms with van der Waals surface area (Å²) in [6.07, 6.45) is 1.94. The minimum atomic E-state index is -0.893. The van der Waals surface area contributed by atoms with Crippen molar-refractivity contribution in [2.24, 2.45) is 5.92 Å². The summed E-state index contributed by atoms with van der Waals surface area (Å²) in [5, 5.41) is 10.2. The van der Waals surface area contributed by atoms with E-state index in [1.54, 1.807) is 37.4 Å². The van der Waals surface area contributed by atoms with Gasteiger partial charge in [-0.05, 0) is 55.7 Å². The molecule has 1 aliphatic heterocycles. The summed E-state index contributed by atoms with van der Waals surface area (Å²) < 4.78 is 19.2. The maximum absolute atomic E-state index is 13.4. The van der Waals surface area contributed by atoms with E-state index in [2.05, 4.69) is 9.97 Å². The van der Waals surface area contributed by atoms with Crippen molar-refractivity contribution in [2.45, 2.75) is 25.9 Å². The third kappa shape index (κ3) is 4.50. The molecule has 4 rings (SSSR count). The number of hydrogen-bond donors (Lipinski definition) is 1. The zero-order chi connectivity index (χ0) is 22.8. The number of ether oxygens (including phenoxy) is 1. The van der Waals surface area contributed by atoms with E-state index in [1.807, 2.05) is 0 Å². The normalized spacial score (nSPS) is 17.2. The highest BCUT2D eigenvalue weighted by atomic mass is 35.5. The fourth-order valence-electron chi connectivity index (χ4n) is 3.89. The van der Waals surface area contributed by atoms with Gasteiger partial charge in [-0.15, -0.1) is 0 Å². The number of rotatable bonds is 5. The minimum absolute atomic E-state index is 0.177. The van der Waals surface area contributed by atoms with Crippen molar-refractivity contribution in [3.8, 4) is 17.0 Å². The average molecular weight is 458 g/mol. The monoisotopic (exact) mass is 457 g/mol. The van der Waals surface area contributed by atoms with E-state index >= 15 is 0 Å².